The fraction of sp³-hybridized carbons (Fsp3) is 0.917. The van der Waals surface area contributed by atoms with Crippen molar-refractivity contribution < 1.29 is 0 Å². The first kappa shape index (κ1) is 13.8. The Morgan fingerprint density at radius 3 is 2.62 bits per heavy atom. The molecule has 3 nitrogen and oxygen atoms in total. The average molecular weight is 243 g/mol. The third-order valence-corrected chi connectivity index (χ3v) is 4.15. The molecule has 0 saturated carbocycles. The van der Waals surface area contributed by atoms with Gasteiger partial charge in [0.05, 0.1) is 6.54 Å². The van der Waals surface area contributed by atoms with Crippen LogP contribution in [-0.2, 0) is 0 Å². The van der Waals surface area contributed by atoms with Gasteiger partial charge < -0.3 is 10.2 Å². The van der Waals surface area contributed by atoms with Crippen LogP contribution in [0.1, 0.15) is 27.7 Å². The molecule has 0 aliphatic carbocycles. The number of rotatable bonds is 5. The number of likely N-dealkylation sites (N-methyl/N-ethyl adjacent to an activating group) is 1. The van der Waals surface area contributed by atoms with Crippen LogP contribution in [-0.4, -0.2) is 48.0 Å². The van der Waals surface area contributed by atoms with E-state index in [1.54, 1.807) is 0 Å². The molecule has 1 rings (SSSR count). The summed E-state index contributed by atoms with van der Waals surface area (Å²) in [4.78, 5) is 6.93. The van der Waals surface area contributed by atoms with E-state index in [0.29, 0.717) is 18.0 Å². The molecule has 0 spiro atoms. The quantitative estimate of drug-likeness (QED) is 0.801. The van der Waals surface area contributed by atoms with Gasteiger partial charge in [0, 0.05) is 24.4 Å². The average Bonchev–Trinajstić information content (AvgIpc) is 2.66. The second-order valence-corrected chi connectivity index (χ2v) is 6.08. The maximum Gasteiger partial charge on any atom is 0.156 e. The Balaban J connectivity index is 2.26. The van der Waals surface area contributed by atoms with Gasteiger partial charge in [0.1, 0.15) is 0 Å². The molecule has 1 N–H and O–H groups in total. The van der Waals surface area contributed by atoms with Gasteiger partial charge in [0.2, 0.25) is 0 Å². The molecule has 0 aromatic carbocycles. The molecule has 0 radical (unpaired) electrons. The molecule has 4 heteroatoms. The van der Waals surface area contributed by atoms with Crippen LogP contribution in [0.5, 0.6) is 0 Å². The number of hydrogen-bond donors (Lipinski definition) is 1. The van der Waals surface area contributed by atoms with E-state index in [1.807, 2.05) is 11.8 Å². The van der Waals surface area contributed by atoms with E-state index in [-0.39, 0.29) is 0 Å². The zero-order valence-electron chi connectivity index (χ0n) is 11.2. The van der Waals surface area contributed by atoms with E-state index in [0.717, 1.165) is 24.0 Å². The van der Waals surface area contributed by atoms with Crippen LogP contribution in [0.25, 0.3) is 0 Å². The van der Waals surface area contributed by atoms with Gasteiger partial charge in [-0.1, -0.05) is 25.6 Å². The van der Waals surface area contributed by atoms with Gasteiger partial charge in [0.15, 0.2) is 5.17 Å². The maximum absolute atomic E-state index is 4.61. The van der Waals surface area contributed by atoms with Crippen molar-refractivity contribution in [3.63, 3.8) is 0 Å². The zero-order chi connectivity index (χ0) is 12.1. The lowest BCUT2D eigenvalue weighted by atomic mass is 10.1. The van der Waals surface area contributed by atoms with E-state index in [2.05, 4.69) is 50.0 Å². The first-order valence-electron chi connectivity index (χ1n) is 6.14. The molecule has 1 saturated heterocycles. The summed E-state index contributed by atoms with van der Waals surface area (Å²) in [6.07, 6.45) is 0. The fourth-order valence-electron chi connectivity index (χ4n) is 1.43. The summed E-state index contributed by atoms with van der Waals surface area (Å²) in [6.45, 7) is 10.9. The smallest absolute Gasteiger partial charge is 0.156 e. The molecule has 0 bridgehead atoms. The van der Waals surface area contributed by atoms with Gasteiger partial charge in [-0.2, -0.15) is 0 Å². The second kappa shape index (κ2) is 6.50. The Hall–Kier alpha value is -0.220. The molecule has 1 aliphatic heterocycles. The van der Waals surface area contributed by atoms with Gasteiger partial charge in [-0.3, -0.25) is 4.99 Å². The number of nitrogens with one attached hydrogen (secondary N) is 1. The monoisotopic (exact) mass is 243 g/mol. The summed E-state index contributed by atoms with van der Waals surface area (Å²) in [6, 6.07) is 1.21. The zero-order valence-corrected chi connectivity index (χ0v) is 12.0. The van der Waals surface area contributed by atoms with E-state index < -0.39 is 0 Å². The predicted octanol–water partition coefficient (Wildman–Crippen LogP) is 2.04. The Labute approximate surface area is 104 Å². The van der Waals surface area contributed by atoms with Crippen LogP contribution < -0.4 is 5.32 Å². The number of hydrogen-bond acceptors (Lipinski definition) is 3. The summed E-state index contributed by atoms with van der Waals surface area (Å²) in [5, 5.41) is 4.62. The Bertz CT molecular complexity index is 238. The van der Waals surface area contributed by atoms with Gasteiger partial charge >= 0.3 is 0 Å². The molecular weight excluding hydrogens is 218 g/mol. The van der Waals surface area contributed by atoms with Crippen LogP contribution in [0.3, 0.4) is 0 Å². The van der Waals surface area contributed by atoms with Crippen LogP contribution >= 0.6 is 11.8 Å². The largest absolute Gasteiger partial charge is 0.361 e. The summed E-state index contributed by atoms with van der Waals surface area (Å²) in [5.74, 6) is 1.86. The number of aliphatic imine (C=N–C) groups is 1. The molecule has 1 fully saturated rings. The SMILES string of the molecule is CC(C)C1CSC(=NCCN(C)C(C)C)N1. The van der Waals surface area contributed by atoms with Crippen LogP contribution in [0.15, 0.2) is 4.99 Å². The standard InChI is InChI=1S/C12H25N3S/c1-9(2)11-8-16-12(14-11)13-6-7-15(5)10(3)4/h9-11H,6-8H2,1-5H3,(H,13,14). The van der Waals surface area contributed by atoms with Crippen molar-refractivity contribution >= 4 is 16.9 Å². The van der Waals surface area contributed by atoms with Gasteiger partial charge in [-0.15, -0.1) is 0 Å². The molecule has 0 aromatic heterocycles. The molecule has 0 aromatic rings. The first-order chi connectivity index (χ1) is 7.50. The minimum atomic E-state index is 0.603. The second-order valence-electron chi connectivity index (χ2n) is 5.07. The van der Waals surface area contributed by atoms with Gasteiger partial charge in [-0.25, -0.2) is 0 Å². The summed E-state index contributed by atoms with van der Waals surface area (Å²) in [7, 11) is 2.15. The molecule has 1 heterocycles. The van der Waals surface area contributed by atoms with E-state index in [4.69, 9.17) is 0 Å². The van der Waals surface area contributed by atoms with Crippen molar-refractivity contribution in [2.24, 2.45) is 10.9 Å². The normalized spacial score (nSPS) is 23.8. The van der Waals surface area contributed by atoms with Crippen molar-refractivity contribution in [2.45, 2.75) is 39.8 Å². The molecule has 1 aliphatic rings. The summed E-state index contributed by atoms with van der Waals surface area (Å²) >= 11 is 1.86. The number of amidine groups is 1. The maximum atomic E-state index is 4.61. The summed E-state index contributed by atoms with van der Waals surface area (Å²) in [5.41, 5.74) is 0. The van der Waals surface area contributed by atoms with Crippen molar-refractivity contribution in [3.05, 3.63) is 0 Å². The molecule has 1 atom stereocenters. The van der Waals surface area contributed by atoms with Gasteiger partial charge in [0.25, 0.3) is 0 Å². The Morgan fingerprint density at radius 1 is 1.44 bits per heavy atom. The van der Waals surface area contributed by atoms with Crippen LogP contribution in [0.2, 0.25) is 0 Å². The topological polar surface area (TPSA) is 27.6 Å². The van der Waals surface area contributed by atoms with Crippen molar-refractivity contribution in [1.82, 2.24) is 10.2 Å². The minimum Gasteiger partial charge on any atom is -0.361 e. The first-order valence-corrected chi connectivity index (χ1v) is 7.13. The number of thioether (sulfide) groups is 1. The van der Waals surface area contributed by atoms with Crippen molar-refractivity contribution in [1.29, 1.82) is 0 Å². The predicted molar refractivity (Wildman–Crippen MR) is 74.3 cm³/mol. The molecular formula is C12H25N3S. The molecule has 94 valence electrons. The van der Waals surface area contributed by atoms with Crippen molar-refractivity contribution in [3.8, 4) is 0 Å². The molecule has 16 heavy (non-hydrogen) atoms. The highest BCUT2D eigenvalue weighted by Crippen LogP contribution is 2.18. The lowest BCUT2D eigenvalue weighted by Crippen LogP contribution is -2.32. The highest BCUT2D eigenvalue weighted by molar-refractivity contribution is 8.14. The lowest BCUT2D eigenvalue weighted by Gasteiger charge is -2.19. The van der Waals surface area contributed by atoms with E-state index >= 15 is 0 Å². The highest BCUT2D eigenvalue weighted by Gasteiger charge is 2.22. The van der Waals surface area contributed by atoms with E-state index in [9.17, 15) is 0 Å². The summed E-state index contributed by atoms with van der Waals surface area (Å²) < 4.78 is 0. The van der Waals surface area contributed by atoms with E-state index in [1.165, 1.54) is 0 Å². The fourth-order valence-corrected chi connectivity index (χ4v) is 2.65. The molecule has 0 amide bonds. The minimum absolute atomic E-state index is 0.603. The van der Waals surface area contributed by atoms with Crippen molar-refractivity contribution in [2.75, 3.05) is 25.9 Å². The highest BCUT2D eigenvalue weighted by atomic mass is 32.2. The van der Waals surface area contributed by atoms with Crippen LogP contribution in [0.4, 0.5) is 0 Å². The Kier molecular flexibility index (Phi) is 5.62. The lowest BCUT2D eigenvalue weighted by molar-refractivity contribution is 0.282. The molecule has 1 unspecified atom stereocenters. The van der Waals surface area contributed by atoms with Crippen LogP contribution in [0, 0.1) is 5.92 Å². The third kappa shape index (κ3) is 4.34. The number of nitrogens with zero attached hydrogens (tertiary/aromatic N) is 2. The Morgan fingerprint density at radius 2 is 2.12 bits per heavy atom. The van der Waals surface area contributed by atoms with Gasteiger partial charge in [-0.05, 0) is 26.8 Å². The third-order valence-electron chi connectivity index (χ3n) is 3.10.